The van der Waals surface area contributed by atoms with Gasteiger partial charge in [-0.25, -0.2) is 0 Å². The zero-order chi connectivity index (χ0) is 49.5. The average Bonchev–Trinajstić information content (AvgIpc) is 4.05. The minimum atomic E-state index is -0.243. The zero-order valence-corrected chi connectivity index (χ0v) is 40.5. The summed E-state index contributed by atoms with van der Waals surface area (Å²) in [4.78, 5) is 49.1. The number of pyridine rings is 1. The summed E-state index contributed by atoms with van der Waals surface area (Å²) in [6.07, 6.45) is 3.44. The Hall–Kier alpha value is -8.32. The van der Waals surface area contributed by atoms with E-state index in [-0.39, 0.29) is 29.3 Å². The maximum Gasteiger partial charge on any atom is 0.273 e. The Morgan fingerprint density at radius 2 is 1.11 bits per heavy atom. The number of aromatic nitrogens is 1. The van der Waals surface area contributed by atoms with Crippen LogP contribution >= 0.6 is 0 Å². The minimum Gasteiger partial charge on any atom is -0.497 e. The monoisotopic (exact) mass is 954 g/mol. The Morgan fingerprint density at radius 1 is 0.563 bits per heavy atom. The quantitative estimate of drug-likeness (QED) is 0.0820. The van der Waals surface area contributed by atoms with E-state index in [1.54, 1.807) is 61.5 Å². The first-order valence-corrected chi connectivity index (χ1v) is 23.5. The molecule has 1 aromatic heterocycles. The number of ether oxygens (including phenoxy) is 6. The number of methoxy groups -OCH3 is 4. The molecule has 71 heavy (non-hydrogen) atoms. The SMILES string of the molecule is COc1ccc(CN(Cc2ccc(OC)cc2)C(=O)c2cc(N3CC(c4ccc(OC)c(OCc5ccccc5)c4)CC3=O)ccn2)cc1.COc1ccc(N2CCCC2=O)cc1OCc1ccccc1. The number of amides is 3. The fraction of sp³-hybridized carbons (Fsp3) is 0.241. The van der Waals surface area contributed by atoms with E-state index < -0.39 is 0 Å². The molecule has 3 amide bonds. The molecule has 2 fully saturated rings. The van der Waals surface area contributed by atoms with E-state index in [0.717, 1.165) is 58.0 Å². The molecular weight excluding hydrogens is 897 g/mol. The van der Waals surface area contributed by atoms with Crippen molar-refractivity contribution in [2.75, 3.05) is 51.3 Å². The van der Waals surface area contributed by atoms with Gasteiger partial charge in [0.15, 0.2) is 23.0 Å². The highest BCUT2D eigenvalue weighted by Gasteiger charge is 2.33. The molecule has 364 valence electrons. The number of nitrogens with zero attached hydrogens (tertiary/aromatic N) is 4. The molecule has 2 aliphatic rings. The maximum absolute atomic E-state index is 14.1. The molecule has 6 aromatic carbocycles. The van der Waals surface area contributed by atoms with Gasteiger partial charge in [0.05, 0.1) is 28.4 Å². The summed E-state index contributed by atoms with van der Waals surface area (Å²) in [5.74, 6) is 3.90. The van der Waals surface area contributed by atoms with Crippen molar-refractivity contribution in [1.82, 2.24) is 9.88 Å². The highest BCUT2D eigenvalue weighted by atomic mass is 16.5. The standard InChI is InChI=1S/C40H39N3O6.C18H19NO3/c1-46-34-14-9-28(10-15-34)24-42(25-29-11-16-35(47-2)17-12-29)40(45)36-23-33(19-20-41-36)43-26-32(22-39(43)44)31-13-18-37(48-3)38(21-31)49-27-30-7-5-4-6-8-30;1-21-16-10-9-15(19-11-5-8-18(19)20)12-17(16)22-13-14-6-3-2-4-7-14/h4-21,23,32H,22,24-27H2,1-3H3;2-4,6-7,9-10,12H,5,8,11,13H2,1H3. The lowest BCUT2D eigenvalue weighted by Gasteiger charge is -2.24. The molecule has 9 rings (SSSR count). The molecule has 7 aromatic rings. The smallest absolute Gasteiger partial charge is 0.273 e. The second kappa shape index (κ2) is 23.8. The van der Waals surface area contributed by atoms with Gasteiger partial charge in [0.25, 0.3) is 5.91 Å². The summed E-state index contributed by atoms with van der Waals surface area (Å²) in [6, 6.07) is 50.1. The van der Waals surface area contributed by atoms with Gasteiger partial charge in [0.2, 0.25) is 11.8 Å². The van der Waals surface area contributed by atoms with E-state index in [1.807, 2.05) is 146 Å². The third-order valence-electron chi connectivity index (χ3n) is 12.4. The number of rotatable bonds is 18. The topological polar surface area (TPSA) is 129 Å². The fourth-order valence-corrected chi connectivity index (χ4v) is 8.55. The van der Waals surface area contributed by atoms with Gasteiger partial charge in [-0.2, -0.15) is 0 Å². The van der Waals surface area contributed by atoms with Crippen molar-refractivity contribution in [2.24, 2.45) is 0 Å². The Labute approximate surface area is 415 Å². The van der Waals surface area contributed by atoms with Gasteiger partial charge in [-0.3, -0.25) is 19.4 Å². The van der Waals surface area contributed by atoms with Crippen molar-refractivity contribution < 1.29 is 42.8 Å². The first-order valence-electron chi connectivity index (χ1n) is 23.5. The molecule has 2 aliphatic heterocycles. The average molecular weight is 955 g/mol. The third kappa shape index (κ3) is 12.7. The molecule has 1 atom stereocenters. The summed E-state index contributed by atoms with van der Waals surface area (Å²) in [6.45, 7) is 2.81. The number of carbonyl (C=O) groups excluding carboxylic acids is 3. The number of hydrogen-bond donors (Lipinski definition) is 0. The first-order chi connectivity index (χ1) is 34.7. The summed E-state index contributed by atoms with van der Waals surface area (Å²) < 4.78 is 33.6. The number of anilines is 2. The van der Waals surface area contributed by atoms with Gasteiger partial charge < -0.3 is 43.1 Å². The highest BCUT2D eigenvalue weighted by Crippen LogP contribution is 2.38. The maximum atomic E-state index is 14.1. The van der Waals surface area contributed by atoms with Gasteiger partial charge in [-0.05, 0) is 94.9 Å². The lowest BCUT2D eigenvalue weighted by atomic mass is 9.98. The molecule has 2 saturated heterocycles. The van der Waals surface area contributed by atoms with E-state index in [4.69, 9.17) is 28.4 Å². The van der Waals surface area contributed by atoms with Crippen LogP contribution in [0.25, 0.3) is 0 Å². The van der Waals surface area contributed by atoms with Crippen LogP contribution in [-0.2, 0) is 35.9 Å². The van der Waals surface area contributed by atoms with Crippen LogP contribution in [0.4, 0.5) is 11.4 Å². The normalized spacial score (nSPS) is 14.1. The molecule has 13 nitrogen and oxygen atoms in total. The summed E-state index contributed by atoms with van der Waals surface area (Å²) in [5.41, 5.74) is 6.78. The largest absolute Gasteiger partial charge is 0.497 e. The predicted octanol–water partition coefficient (Wildman–Crippen LogP) is 10.5. The van der Waals surface area contributed by atoms with E-state index in [0.29, 0.717) is 74.4 Å². The van der Waals surface area contributed by atoms with Crippen LogP contribution in [0.1, 0.15) is 63.5 Å². The van der Waals surface area contributed by atoms with E-state index >= 15 is 0 Å². The molecule has 0 aliphatic carbocycles. The summed E-state index contributed by atoms with van der Waals surface area (Å²) in [5, 5.41) is 0. The Bertz CT molecular complexity index is 2830. The van der Waals surface area contributed by atoms with Crippen LogP contribution in [-0.4, -0.2) is 69.1 Å². The molecular formula is C58H58N4O9. The number of carbonyl (C=O) groups is 3. The van der Waals surface area contributed by atoms with E-state index in [1.165, 1.54) is 0 Å². The Kier molecular flexibility index (Phi) is 16.5. The van der Waals surface area contributed by atoms with Gasteiger partial charge in [0.1, 0.15) is 30.4 Å². The molecule has 0 N–H and O–H groups in total. The second-order valence-electron chi connectivity index (χ2n) is 17.1. The number of hydrogen-bond acceptors (Lipinski definition) is 10. The summed E-state index contributed by atoms with van der Waals surface area (Å²) >= 11 is 0. The lowest BCUT2D eigenvalue weighted by molar-refractivity contribution is -0.117. The van der Waals surface area contributed by atoms with Crippen molar-refractivity contribution >= 4 is 29.1 Å². The van der Waals surface area contributed by atoms with E-state index in [2.05, 4.69) is 4.98 Å². The van der Waals surface area contributed by atoms with Gasteiger partial charge in [-0.15, -0.1) is 0 Å². The van der Waals surface area contributed by atoms with E-state index in [9.17, 15) is 14.4 Å². The molecule has 0 spiro atoms. The van der Waals surface area contributed by atoms with Crippen molar-refractivity contribution in [2.45, 2.75) is 51.5 Å². The molecule has 0 radical (unpaired) electrons. The van der Waals surface area contributed by atoms with Gasteiger partial charge >= 0.3 is 0 Å². The van der Waals surface area contributed by atoms with Crippen molar-refractivity contribution in [3.05, 3.63) is 197 Å². The molecule has 1 unspecified atom stereocenters. The second-order valence-corrected chi connectivity index (χ2v) is 17.1. The zero-order valence-electron chi connectivity index (χ0n) is 40.5. The first kappa shape index (κ1) is 49.1. The Balaban J connectivity index is 0.000000255. The molecule has 0 bridgehead atoms. The van der Waals surface area contributed by atoms with Crippen LogP contribution in [0.3, 0.4) is 0 Å². The van der Waals surface area contributed by atoms with Crippen LogP contribution in [0.2, 0.25) is 0 Å². The predicted molar refractivity (Wildman–Crippen MR) is 273 cm³/mol. The highest BCUT2D eigenvalue weighted by molar-refractivity contribution is 5.99. The number of benzene rings is 6. The fourth-order valence-electron chi connectivity index (χ4n) is 8.55. The lowest BCUT2D eigenvalue weighted by Crippen LogP contribution is -2.31. The van der Waals surface area contributed by atoms with Crippen molar-refractivity contribution in [1.29, 1.82) is 0 Å². The van der Waals surface area contributed by atoms with Crippen LogP contribution < -0.4 is 38.2 Å². The van der Waals surface area contributed by atoms with Gasteiger partial charge in [0, 0.05) is 68.6 Å². The van der Waals surface area contributed by atoms with Crippen LogP contribution in [0.5, 0.6) is 34.5 Å². The molecule has 13 heteroatoms. The minimum absolute atomic E-state index is 0.0227. The van der Waals surface area contributed by atoms with Crippen LogP contribution in [0, 0.1) is 0 Å². The summed E-state index contributed by atoms with van der Waals surface area (Å²) in [7, 11) is 6.47. The molecule has 0 saturated carbocycles. The van der Waals surface area contributed by atoms with Crippen molar-refractivity contribution in [3.63, 3.8) is 0 Å². The Morgan fingerprint density at radius 3 is 1.65 bits per heavy atom. The molecule has 3 heterocycles. The van der Waals surface area contributed by atoms with Crippen molar-refractivity contribution in [3.8, 4) is 34.5 Å². The van der Waals surface area contributed by atoms with Gasteiger partial charge in [-0.1, -0.05) is 91.0 Å². The third-order valence-corrected chi connectivity index (χ3v) is 12.4. The van der Waals surface area contributed by atoms with Crippen LogP contribution in [0.15, 0.2) is 164 Å².